The highest BCUT2D eigenvalue weighted by Crippen LogP contribution is 2.16. The van der Waals surface area contributed by atoms with Crippen molar-refractivity contribution in [3.8, 4) is 0 Å². The smallest absolute Gasteiger partial charge is 0.253 e. The number of rotatable bonds is 3. The Balaban J connectivity index is 1.56. The van der Waals surface area contributed by atoms with Gasteiger partial charge >= 0.3 is 0 Å². The maximum Gasteiger partial charge on any atom is 0.253 e. The number of benzene rings is 1. The van der Waals surface area contributed by atoms with Crippen molar-refractivity contribution < 1.29 is 9.53 Å². The summed E-state index contributed by atoms with van der Waals surface area (Å²) in [6, 6.07) is 7.89. The van der Waals surface area contributed by atoms with Crippen LogP contribution in [-0.4, -0.2) is 66.1 Å². The number of carbonyl (C=O) groups is 1. The Labute approximate surface area is 140 Å². The summed E-state index contributed by atoms with van der Waals surface area (Å²) in [5, 5.41) is 0.752. The van der Waals surface area contributed by atoms with Gasteiger partial charge in [0.1, 0.15) is 6.10 Å². The van der Waals surface area contributed by atoms with Crippen LogP contribution in [0.5, 0.6) is 0 Å². The number of amides is 1. The fraction of sp³-hybridized carbons (Fsp3) is 0.562. The lowest BCUT2D eigenvalue weighted by molar-refractivity contribution is -0.149. The van der Waals surface area contributed by atoms with Gasteiger partial charge in [-0.25, -0.2) is 0 Å². The van der Waals surface area contributed by atoms with E-state index >= 15 is 0 Å². The molecule has 0 aromatic heterocycles. The molecule has 1 unspecified atom stereocenters. The van der Waals surface area contributed by atoms with Crippen LogP contribution in [0.15, 0.2) is 24.3 Å². The van der Waals surface area contributed by atoms with Crippen molar-refractivity contribution in [1.82, 2.24) is 9.80 Å². The third-order valence-electron chi connectivity index (χ3n) is 4.07. The summed E-state index contributed by atoms with van der Waals surface area (Å²) in [7, 11) is 0. The predicted molar refractivity (Wildman–Crippen MR) is 90.4 cm³/mol. The van der Waals surface area contributed by atoms with E-state index in [-0.39, 0.29) is 12.0 Å². The Bertz CT molecular complexity index is 505. The van der Waals surface area contributed by atoms with E-state index in [1.165, 1.54) is 5.56 Å². The molecule has 2 aliphatic rings. The van der Waals surface area contributed by atoms with Crippen LogP contribution in [-0.2, 0) is 16.1 Å². The van der Waals surface area contributed by atoms with Crippen LogP contribution >= 0.6 is 23.4 Å². The lowest BCUT2D eigenvalue weighted by Gasteiger charge is -2.36. The Hall–Kier alpha value is -0.750. The van der Waals surface area contributed by atoms with Gasteiger partial charge in [0.2, 0.25) is 0 Å². The van der Waals surface area contributed by atoms with Gasteiger partial charge < -0.3 is 9.64 Å². The van der Waals surface area contributed by atoms with Crippen molar-refractivity contribution in [3.63, 3.8) is 0 Å². The molecular weight excluding hydrogens is 320 g/mol. The summed E-state index contributed by atoms with van der Waals surface area (Å²) >= 11 is 7.83. The average Bonchev–Trinajstić information content (AvgIpc) is 2.57. The van der Waals surface area contributed by atoms with Gasteiger partial charge in [-0.05, 0) is 17.7 Å². The van der Waals surface area contributed by atoms with E-state index in [0.29, 0.717) is 13.2 Å². The Morgan fingerprint density at radius 3 is 2.68 bits per heavy atom. The van der Waals surface area contributed by atoms with E-state index in [1.807, 2.05) is 40.9 Å². The van der Waals surface area contributed by atoms with Crippen molar-refractivity contribution in [3.05, 3.63) is 34.9 Å². The molecule has 2 saturated heterocycles. The van der Waals surface area contributed by atoms with Gasteiger partial charge in [-0.15, -0.1) is 0 Å². The maximum atomic E-state index is 12.5. The van der Waals surface area contributed by atoms with E-state index in [0.717, 1.165) is 42.7 Å². The lowest BCUT2D eigenvalue weighted by Crippen LogP contribution is -2.52. The van der Waals surface area contributed by atoms with Crippen LogP contribution in [0.2, 0.25) is 5.02 Å². The third kappa shape index (κ3) is 4.16. The molecule has 0 spiro atoms. The number of carbonyl (C=O) groups excluding carboxylic acids is 1. The second-order valence-electron chi connectivity index (χ2n) is 5.66. The van der Waals surface area contributed by atoms with Crippen molar-refractivity contribution in [2.75, 3.05) is 44.3 Å². The third-order valence-corrected chi connectivity index (χ3v) is 5.26. The number of thioether (sulfide) groups is 1. The zero-order valence-electron chi connectivity index (χ0n) is 12.5. The predicted octanol–water partition coefficient (Wildman–Crippen LogP) is 2.12. The Morgan fingerprint density at radius 1 is 1.23 bits per heavy atom. The zero-order valence-corrected chi connectivity index (χ0v) is 14.1. The van der Waals surface area contributed by atoms with Crippen LogP contribution in [0.1, 0.15) is 5.56 Å². The fourth-order valence-corrected chi connectivity index (χ4v) is 3.86. The summed E-state index contributed by atoms with van der Waals surface area (Å²) in [6.45, 7) is 4.68. The molecule has 0 saturated carbocycles. The van der Waals surface area contributed by atoms with Gasteiger partial charge in [0.05, 0.1) is 6.61 Å². The van der Waals surface area contributed by atoms with E-state index < -0.39 is 0 Å². The molecule has 6 heteroatoms. The highest BCUT2D eigenvalue weighted by Gasteiger charge is 2.30. The number of hydrogen-bond acceptors (Lipinski definition) is 4. The quantitative estimate of drug-likeness (QED) is 0.843. The monoisotopic (exact) mass is 340 g/mol. The van der Waals surface area contributed by atoms with Crippen LogP contribution in [0.4, 0.5) is 0 Å². The molecule has 1 amide bonds. The lowest BCUT2D eigenvalue weighted by atomic mass is 10.1. The minimum atomic E-state index is -0.316. The van der Waals surface area contributed by atoms with Crippen LogP contribution < -0.4 is 0 Å². The number of ether oxygens (including phenoxy) is 1. The molecule has 2 fully saturated rings. The molecule has 0 N–H and O–H groups in total. The molecular formula is C16H21ClN2O2S. The average molecular weight is 341 g/mol. The first-order valence-electron chi connectivity index (χ1n) is 7.67. The van der Waals surface area contributed by atoms with E-state index in [9.17, 15) is 4.79 Å². The van der Waals surface area contributed by atoms with Gasteiger partial charge in [0.15, 0.2) is 0 Å². The normalized spacial score (nSPS) is 23.5. The first-order valence-corrected chi connectivity index (χ1v) is 9.20. The first kappa shape index (κ1) is 16.1. The molecule has 3 rings (SSSR count). The van der Waals surface area contributed by atoms with Gasteiger partial charge in [0, 0.05) is 49.3 Å². The molecule has 0 aliphatic carbocycles. The van der Waals surface area contributed by atoms with Crippen molar-refractivity contribution >= 4 is 29.3 Å². The van der Waals surface area contributed by atoms with Crippen LogP contribution in [0.3, 0.4) is 0 Å². The highest BCUT2D eigenvalue weighted by atomic mass is 35.5. The van der Waals surface area contributed by atoms with Gasteiger partial charge in [-0.1, -0.05) is 23.7 Å². The molecule has 1 aromatic carbocycles. The molecule has 2 aliphatic heterocycles. The molecule has 0 radical (unpaired) electrons. The second kappa shape index (κ2) is 7.68. The van der Waals surface area contributed by atoms with Crippen molar-refractivity contribution in [1.29, 1.82) is 0 Å². The SMILES string of the molecule is O=C(C1CN(Cc2ccc(Cl)cc2)CCO1)N1CCSCC1. The second-order valence-corrected chi connectivity index (χ2v) is 7.32. The first-order chi connectivity index (χ1) is 10.7. The molecule has 4 nitrogen and oxygen atoms in total. The number of nitrogens with zero attached hydrogens (tertiary/aromatic N) is 2. The minimum absolute atomic E-state index is 0.154. The summed E-state index contributed by atoms with van der Waals surface area (Å²) in [5.74, 6) is 2.22. The number of halogens is 1. The largest absolute Gasteiger partial charge is 0.366 e. The zero-order chi connectivity index (χ0) is 15.4. The van der Waals surface area contributed by atoms with E-state index in [2.05, 4.69) is 4.90 Å². The van der Waals surface area contributed by atoms with Gasteiger partial charge in [-0.2, -0.15) is 11.8 Å². The molecule has 22 heavy (non-hydrogen) atoms. The van der Waals surface area contributed by atoms with Gasteiger partial charge in [0.25, 0.3) is 5.91 Å². The Morgan fingerprint density at radius 2 is 1.95 bits per heavy atom. The van der Waals surface area contributed by atoms with Crippen LogP contribution in [0.25, 0.3) is 0 Å². The molecule has 120 valence electrons. The topological polar surface area (TPSA) is 32.8 Å². The summed E-state index contributed by atoms with van der Waals surface area (Å²) < 4.78 is 5.72. The van der Waals surface area contributed by atoms with Gasteiger partial charge in [-0.3, -0.25) is 9.69 Å². The minimum Gasteiger partial charge on any atom is -0.366 e. The number of morpholine rings is 1. The standard InChI is InChI=1S/C16H21ClN2O2S/c17-14-3-1-13(2-4-14)11-18-5-8-21-15(12-18)16(20)19-6-9-22-10-7-19/h1-4,15H,5-12H2. The van der Waals surface area contributed by atoms with Crippen molar-refractivity contribution in [2.45, 2.75) is 12.6 Å². The number of hydrogen-bond donors (Lipinski definition) is 0. The molecule has 1 aromatic rings. The summed E-state index contributed by atoms with van der Waals surface area (Å²) in [5.41, 5.74) is 1.21. The molecule has 0 bridgehead atoms. The summed E-state index contributed by atoms with van der Waals surface area (Å²) in [4.78, 5) is 16.8. The molecule has 1 atom stereocenters. The van der Waals surface area contributed by atoms with Crippen molar-refractivity contribution in [2.24, 2.45) is 0 Å². The van der Waals surface area contributed by atoms with E-state index in [1.54, 1.807) is 0 Å². The maximum absolute atomic E-state index is 12.5. The summed E-state index contributed by atoms with van der Waals surface area (Å²) in [6.07, 6.45) is -0.316. The Kier molecular flexibility index (Phi) is 5.63. The van der Waals surface area contributed by atoms with Crippen LogP contribution in [0, 0.1) is 0 Å². The highest BCUT2D eigenvalue weighted by molar-refractivity contribution is 7.99. The van der Waals surface area contributed by atoms with E-state index in [4.69, 9.17) is 16.3 Å². The fourth-order valence-electron chi connectivity index (χ4n) is 2.83. The molecule has 2 heterocycles.